The van der Waals surface area contributed by atoms with Crippen LogP contribution < -0.4 is 35.0 Å². The second-order valence-electron chi connectivity index (χ2n) is 3.48. The zero-order valence-electron chi connectivity index (χ0n) is 9.73. The first-order valence-electron chi connectivity index (χ1n) is 4.87. The molecule has 0 saturated heterocycles. The van der Waals surface area contributed by atoms with E-state index in [1.165, 1.54) is 11.5 Å². The first-order valence-corrected chi connectivity index (χ1v) is 4.87. The van der Waals surface area contributed by atoms with Crippen LogP contribution in [0.1, 0.15) is 20.7 Å². The number of carbonyl (C=O) groups excluding carboxylic acids is 2. The molecule has 0 aromatic heterocycles. The summed E-state index contributed by atoms with van der Waals surface area (Å²) in [5, 5.41) is 9.97. The first-order chi connectivity index (χ1) is 8.15. The summed E-state index contributed by atoms with van der Waals surface area (Å²) < 4.78 is 0. The Balaban J connectivity index is 0.00000162. The van der Waals surface area contributed by atoms with Gasteiger partial charge in [0.15, 0.2) is 0 Å². The van der Waals surface area contributed by atoms with E-state index >= 15 is 0 Å². The van der Waals surface area contributed by atoms with Crippen molar-refractivity contribution in [1.29, 1.82) is 0 Å². The number of nitrogens with one attached hydrogen (secondary N) is 2. The van der Waals surface area contributed by atoms with Crippen LogP contribution in [0, 0.1) is 0 Å². The minimum atomic E-state index is -0.964. The normalized spacial score (nSPS) is 9.61. The molecule has 3 N–H and O–H groups in total. The third-order valence-electron chi connectivity index (χ3n) is 2.50. The molecule has 86 valence electrons. The fraction of sp³-hybridized carbons (Fsp3) is 0. The van der Waals surface area contributed by atoms with E-state index in [0.29, 0.717) is 5.39 Å². The number of hydrogen-bond acceptors (Lipinski definition) is 3. The van der Waals surface area contributed by atoms with Gasteiger partial charge in [0.05, 0.1) is 11.5 Å². The van der Waals surface area contributed by atoms with Crippen molar-refractivity contribution in [2.75, 3.05) is 0 Å². The number of rotatable bonds is 2. The molecule has 0 radical (unpaired) electrons. The van der Waals surface area contributed by atoms with Crippen molar-refractivity contribution in [2.24, 2.45) is 0 Å². The van der Waals surface area contributed by atoms with Crippen molar-refractivity contribution in [2.45, 2.75) is 0 Å². The molecule has 0 aliphatic carbocycles. The van der Waals surface area contributed by atoms with E-state index in [4.69, 9.17) is 10.9 Å². The Morgan fingerprint density at radius 2 is 1.78 bits per heavy atom. The van der Waals surface area contributed by atoms with Crippen LogP contribution in [-0.2, 0) is 0 Å². The molecule has 2 aromatic carbocycles. The van der Waals surface area contributed by atoms with Crippen LogP contribution in [0.4, 0.5) is 0 Å². The SMILES string of the molecule is [NH-]C(=O)c1ccc2ccccc2c1C(=O)NO.[Na+]. The van der Waals surface area contributed by atoms with Crippen molar-refractivity contribution in [3.8, 4) is 0 Å². The zero-order valence-corrected chi connectivity index (χ0v) is 11.7. The van der Waals surface area contributed by atoms with E-state index in [1.807, 2.05) is 0 Å². The third-order valence-corrected chi connectivity index (χ3v) is 2.50. The Morgan fingerprint density at radius 1 is 1.11 bits per heavy atom. The molecule has 0 aliphatic rings. The number of carbonyl (C=O) groups is 2. The first kappa shape index (κ1) is 14.7. The maximum Gasteiger partial charge on any atom is 1.00 e. The van der Waals surface area contributed by atoms with E-state index in [2.05, 4.69) is 0 Å². The van der Waals surface area contributed by atoms with Gasteiger partial charge in [-0.1, -0.05) is 36.4 Å². The predicted octanol–water partition coefficient (Wildman–Crippen LogP) is -0.845. The molecule has 0 unspecified atom stereocenters. The van der Waals surface area contributed by atoms with Crippen LogP contribution in [0.25, 0.3) is 16.5 Å². The van der Waals surface area contributed by atoms with Crippen molar-refractivity contribution < 1.29 is 44.4 Å². The number of amides is 2. The standard InChI is InChI=1S/C12H10N2O3.Na/c13-11(15)9-6-5-7-3-1-2-4-8(7)10(9)12(16)14-17;/h1-6H,(H4,13,14,15,16,17);/q;+1/p-1. The average molecular weight is 252 g/mol. The average Bonchev–Trinajstić information content (AvgIpc) is 2.36. The molecule has 2 rings (SSSR count). The number of hydroxylamine groups is 1. The fourth-order valence-electron chi connectivity index (χ4n) is 1.76. The van der Waals surface area contributed by atoms with Crippen molar-refractivity contribution in [1.82, 2.24) is 5.48 Å². The van der Waals surface area contributed by atoms with E-state index in [-0.39, 0.29) is 40.7 Å². The molecule has 5 nitrogen and oxygen atoms in total. The molecule has 0 heterocycles. The molecule has 0 atom stereocenters. The summed E-state index contributed by atoms with van der Waals surface area (Å²) >= 11 is 0. The van der Waals surface area contributed by atoms with Gasteiger partial charge >= 0.3 is 29.6 Å². The van der Waals surface area contributed by atoms with Gasteiger partial charge in [0.2, 0.25) is 0 Å². The third kappa shape index (κ3) is 2.54. The Kier molecular flexibility index (Phi) is 4.86. The Morgan fingerprint density at radius 3 is 2.39 bits per heavy atom. The van der Waals surface area contributed by atoms with Gasteiger partial charge in [0, 0.05) is 5.56 Å². The monoisotopic (exact) mass is 252 g/mol. The van der Waals surface area contributed by atoms with E-state index in [1.54, 1.807) is 30.3 Å². The molecule has 0 fully saturated rings. The maximum atomic E-state index is 11.6. The van der Waals surface area contributed by atoms with E-state index in [0.717, 1.165) is 5.39 Å². The van der Waals surface area contributed by atoms with Crippen LogP contribution in [0.5, 0.6) is 0 Å². The second kappa shape index (κ2) is 5.97. The number of benzene rings is 2. The van der Waals surface area contributed by atoms with Gasteiger partial charge < -0.3 is 10.5 Å². The second-order valence-corrected chi connectivity index (χ2v) is 3.48. The Hall–Kier alpha value is -1.40. The van der Waals surface area contributed by atoms with Gasteiger partial charge in [-0.25, -0.2) is 5.48 Å². The summed E-state index contributed by atoms with van der Waals surface area (Å²) in [5.41, 5.74) is 8.58. The van der Waals surface area contributed by atoms with Crippen molar-refractivity contribution >= 4 is 22.6 Å². The van der Waals surface area contributed by atoms with Gasteiger partial charge in [-0.2, -0.15) is 0 Å². The molecule has 2 aromatic rings. The van der Waals surface area contributed by atoms with Crippen LogP contribution >= 0.6 is 0 Å². The fourth-order valence-corrected chi connectivity index (χ4v) is 1.76. The number of fused-ring (bicyclic) bond motifs is 1. The molecular weight excluding hydrogens is 243 g/mol. The van der Waals surface area contributed by atoms with Gasteiger partial charge in [-0.3, -0.25) is 10.0 Å². The minimum absolute atomic E-state index is 0. The van der Waals surface area contributed by atoms with E-state index in [9.17, 15) is 9.59 Å². The summed E-state index contributed by atoms with van der Waals surface area (Å²) in [6, 6.07) is 10.0. The topological polar surface area (TPSA) is 90.2 Å². The van der Waals surface area contributed by atoms with Gasteiger partial charge in [0.1, 0.15) is 0 Å². The minimum Gasteiger partial charge on any atom is -0.664 e. The van der Waals surface area contributed by atoms with Gasteiger partial charge in [0.25, 0.3) is 5.91 Å². The molecule has 6 heteroatoms. The molecule has 0 spiro atoms. The quantitative estimate of drug-likeness (QED) is 0.414. The summed E-state index contributed by atoms with van der Waals surface area (Å²) in [6.07, 6.45) is 0. The smallest absolute Gasteiger partial charge is 0.664 e. The summed E-state index contributed by atoms with van der Waals surface area (Å²) in [6.45, 7) is 0. The molecule has 18 heavy (non-hydrogen) atoms. The largest absolute Gasteiger partial charge is 1.00 e. The van der Waals surface area contributed by atoms with Crippen molar-refractivity contribution in [3.63, 3.8) is 0 Å². The van der Waals surface area contributed by atoms with E-state index < -0.39 is 11.8 Å². The zero-order chi connectivity index (χ0) is 12.4. The molecular formula is C12H9N2NaO3. The number of hydrogen-bond donors (Lipinski definition) is 2. The molecule has 0 saturated carbocycles. The predicted molar refractivity (Wildman–Crippen MR) is 61.9 cm³/mol. The van der Waals surface area contributed by atoms with Crippen LogP contribution in [0.3, 0.4) is 0 Å². The Labute approximate surface area is 125 Å². The van der Waals surface area contributed by atoms with Crippen molar-refractivity contribution in [3.05, 3.63) is 53.3 Å². The Bertz CT molecular complexity index is 613. The van der Waals surface area contributed by atoms with Gasteiger partial charge in [-0.05, 0) is 10.8 Å². The summed E-state index contributed by atoms with van der Waals surface area (Å²) in [5.74, 6) is -1.76. The van der Waals surface area contributed by atoms with Crippen LogP contribution in [0.15, 0.2) is 36.4 Å². The van der Waals surface area contributed by atoms with Crippen LogP contribution in [-0.4, -0.2) is 17.0 Å². The van der Waals surface area contributed by atoms with Crippen LogP contribution in [0.2, 0.25) is 0 Å². The maximum absolute atomic E-state index is 11.6. The van der Waals surface area contributed by atoms with Gasteiger partial charge in [-0.15, -0.1) is 0 Å². The summed E-state index contributed by atoms with van der Waals surface area (Å²) in [7, 11) is 0. The summed E-state index contributed by atoms with van der Waals surface area (Å²) in [4.78, 5) is 22.7. The molecule has 0 aliphatic heterocycles. The molecule has 0 bridgehead atoms. The molecule has 2 amide bonds.